The van der Waals surface area contributed by atoms with Crippen LogP contribution in [0, 0.1) is 6.92 Å². The van der Waals surface area contributed by atoms with Gasteiger partial charge in [-0.3, -0.25) is 4.79 Å². The summed E-state index contributed by atoms with van der Waals surface area (Å²) < 4.78 is 46.4. The number of carbonyl (C=O) groups is 1. The third kappa shape index (κ3) is 2.96. The van der Waals surface area contributed by atoms with Crippen LogP contribution in [0.2, 0.25) is 0 Å². The van der Waals surface area contributed by atoms with E-state index in [4.69, 9.17) is 4.74 Å². The van der Waals surface area contributed by atoms with Crippen molar-refractivity contribution in [1.29, 1.82) is 0 Å². The summed E-state index contributed by atoms with van der Waals surface area (Å²) >= 11 is 0. The lowest BCUT2D eigenvalue weighted by molar-refractivity contribution is -0.138. The van der Waals surface area contributed by atoms with Gasteiger partial charge in [0.25, 0.3) is 0 Å². The van der Waals surface area contributed by atoms with Crippen LogP contribution in [0.1, 0.15) is 36.1 Å². The van der Waals surface area contributed by atoms with E-state index in [9.17, 15) is 18.0 Å². The van der Waals surface area contributed by atoms with Crippen molar-refractivity contribution in [1.82, 2.24) is 14.5 Å². The Balaban J connectivity index is 1.61. The molecule has 0 saturated carbocycles. The molecule has 2 aromatic heterocycles. The molecule has 0 aliphatic carbocycles. The largest absolute Gasteiger partial charge is 0.417 e. The molecule has 8 heteroatoms. The Labute approximate surface area is 148 Å². The molecule has 1 atom stereocenters. The minimum atomic E-state index is -4.42. The fourth-order valence-electron chi connectivity index (χ4n) is 3.86. The fraction of sp³-hybridized carbons (Fsp3) is 0.556. The van der Waals surface area contributed by atoms with Gasteiger partial charge in [-0.15, -0.1) is 0 Å². The van der Waals surface area contributed by atoms with E-state index in [1.54, 1.807) is 11.8 Å². The number of halogens is 3. The van der Waals surface area contributed by atoms with Crippen LogP contribution >= 0.6 is 0 Å². The van der Waals surface area contributed by atoms with Crippen LogP contribution in [0.15, 0.2) is 12.3 Å². The maximum Gasteiger partial charge on any atom is 0.417 e. The van der Waals surface area contributed by atoms with E-state index < -0.39 is 11.7 Å². The molecule has 1 saturated heterocycles. The number of fused-ring (bicyclic) bond motifs is 3. The number of pyridine rings is 1. The summed E-state index contributed by atoms with van der Waals surface area (Å²) in [4.78, 5) is 18.4. The van der Waals surface area contributed by atoms with Gasteiger partial charge in [-0.1, -0.05) is 0 Å². The van der Waals surface area contributed by atoms with Gasteiger partial charge in [-0.05, 0) is 31.4 Å². The molecular weight excluding hydrogens is 347 g/mol. The molecule has 2 aliphatic heterocycles. The summed E-state index contributed by atoms with van der Waals surface area (Å²) in [5, 5.41) is 0.503. The van der Waals surface area contributed by atoms with E-state index >= 15 is 0 Å². The summed E-state index contributed by atoms with van der Waals surface area (Å²) in [5.41, 5.74) is 1.42. The number of amides is 1. The zero-order valence-corrected chi connectivity index (χ0v) is 14.5. The highest BCUT2D eigenvalue weighted by atomic mass is 19.4. The van der Waals surface area contributed by atoms with Gasteiger partial charge in [0.1, 0.15) is 5.65 Å². The normalized spacial score (nSPS) is 20.6. The first-order chi connectivity index (χ1) is 12.3. The Morgan fingerprint density at radius 1 is 1.38 bits per heavy atom. The number of aryl methyl sites for hydroxylation is 1. The van der Waals surface area contributed by atoms with Crippen molar-refractivity contribution in [3.05, 3.63) is 29.1 Å². The van der Waals surface area contributed by atoms with Crippen molar-refractivity contribution < 1.29 is 22.7 Å². The minimum Gasteiger partial charge on any atom is -0.378 e. The van der Waals surface area contributed by atoms with Gasteiger partial charge < -0.3 is 14.2 Å². The summed E-state index contributed by atoms with van der Waals surface area (Å²) in [7, 11) is 0. The second-order valence-corrected chi connectivity index (χ2v) is 6.97. The average Bonchev–Trinajstić information content (AvgIpc) is 3.21. The zero-order chi connectivity index (χ0) is 18.5. The number of alkyl halides is 3. The molecule has 0 radical (unpaired) electrons. The van der Waals surface area contributed by atoms with Crippen molar-refractivity contribution in [2.75, 3.05) is 13.2 Å². The lowest BCUT2D eigenvalue weighted by Crippen LogP contribution is -2.39. The van der Waals surface area contributed by atoms with E-state index in [1.807, 2.05) is 4.57 Å². The molecule has 4 heterocycles. The predicted molar refractivity (Wildman–Crippen MR) is 88.5 cm³/mol. The zero-order valence-electron chi connectivity index (χ0n) is 14.5. The number of hydrogen-bond acceptors (Lipinski definition) is 3. The molecule has 4 rings (SSSR count). The SMILES string of the molecule is Cc1c2n(c3ncc(C(F)(F)F)cc13)CCN(C(=O)CC1CCCO1)C2. The Morgan fingerprint density at radius 3 is 2.88 bits per heavy atom. The topological polar surface area (TPSA) is 47.4 Å². The van der Waals surface area contributed by atoms with Gasteiger partial charge in [0.05, 0.1) is 24.6 Å². The molecule has 140 valence electrons. The Kier molecular flexibility index (Phi) is 4.17. The standard InChI is InChI=1S/C18H20F3N3O2/c1-11-14-7-12(18(19,20)21)9-22-17(14)24-5-4-23(10-15(11)24)16(25)8-13-3-2-6-26-13/h7,9,13H,2-6,8,10H2,1H3. The smallest absolute Gasteiger partial charge is 0.378 e. The second-order valence-electron chi connectivity index (χ2n) is 6.97. The van der Waals surface area contributed by atoms with Gasteiger partial charge in [-0.25, -0.2) is 4.98 Å². The van der Waals surface area contributed by atoms with E-state index in [0.29, 0.717) is 43.7 Å². The molecule has 0 N–H and O–H groups in total. The first-order valence-electron chi connectivity index (χ1n) is 8.79. The number of aromatic nitrogens is 2. The number of hydrogen-bond donors (Lipinski definition) is 0. The molecule has 5 nitrogen and oxygen atoms in total. The molecule has 26 heavy (non-hydrogen) atoms. The molecule has 2 aliphatic rings. The third-order valence-electron chi connectivity index (χ3n) is 5.33. The van der Waals surface area contributed by atoms with Crippen LogP contribution < -0.4 is 0 Å². The van der Waals surface area contributed by atoms with Crippen LogP contribution in [0.3, 0.4) is 0 Å². The van der Waals surface area contributed by atoms with E-state index in [1.165, 1.54) is 0 Å². The molecule has 0 spiro atoms. The lowest BCUT2D eigenvalue weighted by atomic mass is 10.1. The molecule has 0 bridgehead atoms. The molecule has 1 unspecified atom stereocenters. The average molecular weight is 367 g/mol. The molecular formula is C18H20F3N3O2. The van der Waals surface area contributed by atoms with Crippen LogP contribution in [-0.4, -0.2) is 39.6 Å². The van der Waals surface area contributed by atoms with Crippen LogP contribution in [0.5, 0.6) is 0 Å². The Hall–Kier alpha value is -2.09. The van der Waals surface area contributed by atoms with Gasteiger partial charge >= 0.3 is 6.18 Å². The summed E-state index contributed by atoms with van der Waals surface area (Å²) in [6.07, 6.45) is -1.28. The monoisotopic (exact) mass is 367 g/mol. The van der Waals surface area contributed by atoms with E-state index in [0.717, 1.165) is 36.4 Å². The van der Waals surface area contributed by atoms with Gasteiger partial charge in [-0.2, -0.15) is 13.2 Å². The predicted octanol–water partition coefficient (Wildman–Crippen LogP) is 3.27. The maximum absolute atomic E-state index is 13.0. The highest BCUT2D eigenvalue weighted by Crippen LogP contribution is 2.34. The van der Waals surface area contributed by atoms with Crippen molar-refractivity contribution in [3.8, 4) is 0 Å². The van der Waals surface area contributed by atoms with Crippen molar-refractivity contribution >= 4 is 16.9 Å². The summed E-state index contributed by atoms with van der Waals surface area (Å²) in [6, 6.07) is 1.15. The van der Waals surface area contributed by atoms with Crippen molar-refractivity contribution in [3.63, 3.8) is 0 Å². The first kappa shape index (κ1) is 17.3. The van der Waals surface area contributed by atoms with Gasteiger partial charge in [0.2, 0.25) is 5.91 Å². The molecule has 0 aromatic carbocycles. The fourth-order valence-corrected chi connectivity index (χ4v) is 3.86. The van der Waals surface area contributed by atoms with Crippen molar-refractivity contribution in [2.24, 2.45) is 0 Å². The highest BCUT2D eigenvalue weighted by Gasteiger charge is 2.33. The van der Waals surface area contributed by atoms with Crippen molar-refractivity contribution in [2.45, 2.75) is 51.6 Å². The van der Waals surface area contributed by atoms with Crippen LogP contribution in [-0.2, 0) is 28.8 Å². The van der Waals surface area contributed by atoms with Gasteiger partial charge in [0.15, 0.2) is 0 Å². The number of ether oxygens (including phenoxy) is 1. The Bertz CT molecular complexity index is 853. The lowest BCUT2D eigenvalue weighted by Gasteiger charge is -2.30. The van der Waals surface area contributed by atoms with Crippen LogP contribution in [0.25, 0.3) is 11.0 Å². The number of rotatable bonds is 2. The Morgan fingerprint density at radius 2 is 2.19 bits per heavy atom. The number of nitrogens with zero attached hydrogens (tertiary/aromatic N) is 3. The maximum atomic E-state index is 13.0. The minimum absolute atomic E-state index is 0.00704. The second kappa shape index (κ2) is 6.26. The summed E-state index contributed by atoms with van der Waals surface area (Å²) in [6.45, 7) is 3.97. The first-order valence-corrected chi connectivity index (χ1v) is 8.79. The molecule has 2 aromatic rings. The summed E-state index contributed by atoms with van der Waals surface area (Å²) in [5.74, 6) is 0.0387. The quantitative estimate of drug-likeness (QED) is 0.819. The van der Waals surface area contributed by atoms with E-state index in [2.05, 4.69) is 4.98 Å². The highest BCUT2D eigenvalue weighted by molar-refractivity contribution is 5.83. The van der Waals surface area contributed by atoms with E-state index in [-0.39, 0.29) is 12.0 Å². The molecule has 1 fully saturated rings. The third-order valence-corrected chi connectivity index (χ3v) is 5.33. The molecule has 1 amide bonds. The van der Waals surface area contributed by atoms with Gasteiger partial charge in [0, 0.05) is 37.0 Å². The van der Waals surface area contributed by atoms with Crippen LogP contribution in [0.4, 0.5) is 13.2 Å². The number of carbonyl (C=O) groups excluding carboxylic acids is 1.